The smallest absolute Gasteiger partial charge is 0.262 e. The lowest BCUT2D eigenvalue weighted by molar-refractivity contribution is -0.118. The van der Waals surface area contributed by atoms with Gasteiger partial charge in [0.2, 0.25) is 0 Å². The van der Waals surface area contributed by atoms with Crippen LogP contribution in [0.2, 0.25) is 0 Å². The van der Waals surface area contributed by atoms with Gasteiger partial charge in [0.05, 0.1) is 0 Å². The first-order valence-electron chi connectivity index (χ1n) is 7.20. The summed E-state index contributed by atoms with van der Waals surface area (Å²) in [5.41, 5.74) is 1.75. The van der Waals surface area contributed by atoms with Crippen molar-refractivity contribution in [1.82, 2.24) is 0 Å². The van der Waals surface area contributed by atoms with Gasteiger partial charge in [-0.15, -0.1) is 0 Å². The Morgan fingerprint density at radius 2 is 1.96 bits per heavy atom. The molecule has 0 unspecified atom stereocenters. The van der Waals surface area contributed by atoms with Crippen LogP contribution in [0.15, 0.2) is 40.9 Å². The van der Waals surface area contributed by atoms with Crippen LogP contribution in [0.4, 0.5) is 5.69 Å². The highest BCUT2D eigenvalue weighted by Crippen LogP contribution is 2.33. The van der Waals surface area contributed by atoms with E-state index in [1.165, 1.54) is 0 Å². The number of anilines is 1. The molecule has 0 saturated heterocycles. The van der Waals surface area contributed by atoms with Crippen molar-refractivity contribution in [3.8, 4) is 17.2 Å². The van der Waals surface area contributed by atoms with Crippen LogP contribution in [-0.4, -0.2) is 25.7 Å². The molecule has 1 amide bonds. The van der Waals surface area contributed by atoms with Crippen molar-refractivity contribution in [2.75, 3.05) is 25.1 Å². The number of aryl methyl sites for hydroxylation is 1. The van der Waals surface area contributed by atoms with E-state index in [-0.39, 0.29) is 12.5 Å². The predicted molar refractivity (Wildman–Crippen MR) is 90.4 cm³/mol. The van der Waals surface area contributed by atoms with Gasteiger partial charge in [-0.2, -0.15) is 0 Å². The first-order valence-corrected chi connectivity index (χ1v) is 7.99. The highest BCUT2D eigenvalue weighted by molar-refractivity contribution is 9.10. The molecule has 2 aromatic carbocycles. The van der Waals surface area contributed by atoms with Crippen LogP contribution in [0, 0.1) is 6.92 Å². The maximum atomic E-state index is 12.0. The Morgan fingerprint density at radius 1 is 1.17 bits per heavy atom. The molecule has 2 aromatic rings. The summed E-state index contributed by atoms with van der Waals surface area (Å²) in [6.45, 7) is 2.92. The van der Waals surface area contributed by atoms with Crippen molar-refractivity contribution < 1.29 is 19.0 Å². The number of hydrogen-bond donors (Lipinski definition) is 1. The van der Waals surface area contributed by atoms with Crippen molar-refractivity contribution in [3.05, 3.63) is 46.4 Å². The van der Waals surface area contributed by atoms with E-state index in [0.717, 1.165) is 15.7 Å². The van der Waals surface area contributed by atoms with E-state index >= 15 is 0 Å². The molecule has 3 rings (SSSR count). The number of amides is 1. The van der Waals surface area contributed by atoms with Crippen molar-refractivity contribution in [2.45, 2.75) is 6.92 Å². The molecule has 23 heavy (non-hydrogen) atoms. The molecule has 0 bridgehead atoms. The Labute approximate surface area is 142 Å². The Morgan fingerprint density at radius 3 is 2.74 bits per heavy atom. The van der Waals surface area contributed by atoms with Crippen molar-refractivity contribution in [2.24, 2.45) is 0 Å². The maximum absolute atomic E-state index is 12.0. The number of fused-ring (bicyclic) bond motifs is 1. The highest BCUT2D eigenvalue weighted by atomic mass is 79.9. The number of nitrogens with one attached hydrogen (secondary N) is 1. The molecule has 0 fully saturated rings. The van der Waals surface area contributed by atoms with E-state index in [1.54, 1.807) is 18.2 Å². The minimum Gasteiger partial charge on any atom is -0.486 e. The van der Waals surface area contributed by atoms with Gasteiger partial charge in [0.15, 0.2) is 18.1 Å². The molecule has 0 radical (unpaired) electrons. The van der Waals surface area contributed by atoms with E-state index in [0.29, 0.717) is 30.5 Å². The summed E-state index contributed by atoms with van der Waals surface area (Å²) in [4.78, 5) is 12.0. The maximum Gasteiger partial charge on any atom is 0.262 e. The van der Waals surface area contributed by atoms with Crippen molar-refractivity contribution in [1.29, 1.82) is 0 Å². The number of benzene rings is 2. The zero-order valence-corrected chi connectivity index (χ0v) is 14.2. The molecule has 0 aliphatic carbocycles. The van der Waals surface area contributed by atoms with Crippen LogP contribution < -0.4 is 19.5 Å². The predicted octanol–water partition coefficient (Wildman–Crippen LogP) is 3.55. The normalized spacial score (nSPS) is 12.6. The molecule has 1 heterocycles. The quantitative estimate of drug-likeness (QED) is 0.884. The largest absolute Gasteiger partial charge is 0.486 e. The van der Waals surface area contributed by atoms with E-state index in [2.05, 4.69) is 21.2 Å². The van der Waals surface area contributed by atoms with Crippen LogP contribution in [0.1, 0.15) is 5.56 Å². The third-order valence-corrected chi connectivity index (χ3v) is 3.84. The number of halogens is 1. The molecule has 0 saturated carbocycles. The van der Waals surface area contributed by atoms with E-state index in [9.17, 15) is 4.79 Å². The second-order valence-electron chi connectivity index (χ2n) is 5.10. The number of rotatable bonds is 4. The van der Waals surface area contributed by atoms with Gasteiger partial charge in [-0.25, -0.2) is 0 Å². The summed E-state index contributed by atoms with van der Waals surface area (Å²) in [7, 11) is 0. The van der Waals surface area contributed by atoms with Gasteiger partial charge in [0, 0.05) is 16.2 Å². The second kappa shape index (κ2) is 6.91. The van der Waals surface area contributed by atoms with Gasteiger partial charge < -0.3 is 19.5 Å². The van der Waals surface area contributed by atoms with E-state index in [1.807, 2.05) is 25.1 Å². The summed E-state index contributed by atoms with van der Waals surface area (Å²) < 4.78 is 17.4. The van der Waals surface area contributed by atoms with Crippen molar-refractivity contribution >= 4 is 27.5 Å². The zero-order valence-electron chi connectivity index (χ0n) is 12.6. The lowest BCUT2D eigenvalue weighted by atomic mass is 10.2. The molecular formula is C17H16BrNO4. The first-order chi connectivity index (χ1) is 11.1. The molecular weight excluding hydrogens is 362 g/mol. The van der Waals surface area contributed by atoms with Gasteiger partial charge in [-0.1, -0.05) is 15.9 Å². The molecule has 6 heteroatoms. The highest BCUT2D eigenvalue weighted by Gasteiger charge is 2.13. The molecule has 1 N–H and O–H groups in total. The van der Waals surface area contributed by atoms with E-state index < -0.39 is 0 Å². The summed E-state index contributed by atoms with van der Waals surface area (Å²) in [6, 6.07) is 10.9. The van der Waals surface area contributed by atoms with Crippen LogP contribution in [0.25, 0.3) is 0 Å². The van der Waals surface area contributed by atoms with Gasteiger partial charge in [0.1, 0.15) is 19.0 Å². The molecule has 120 valence electrons. The fraction of sp³-hybridized carbons (Fsp3) is 0.235. The molecule has 0 aromatic heterocycles. The summed E-state index contributed by atoms with van der Waals surface area (Å²) in [5, 5.41) is 2.83. The van der Waals surface area contributed by atoms with Crippen molar-refractivity contribution in [3.63, 3.8) is 0 Å². The van der Waals surface area contributed by atoms with Crippen LogP contribution in [-0.2, 0) is 4.79 Å². The second-order valence-corrected chi connectivity index (χ2v) is 6.02. The number of ether oxygens (including phenoxy) is 3. The summed E-state index contributed by atoms with van der Waals surface area (Å²) in [6.07, 6.45) is 0. The summed E-state index contributed by atoms with van der Waals surface area (Å²) >= 11 is 3.39. The lowest BCUT2D eigenvalue weighted by Crippen LogP contribution is -2.21. The molecule has 0 spiro atoms. The number of carbonyl (C=O) groups is 1. The molecule has 0 atom stereocenters. The topological polar surface area (TPSA) is 56.8 Å². The fourth-order valence-corrected chi connectivity index (χ4v) is 2.69. The molecule has 5 nitrogen and oxygen atoms in total. The minimum atomic E-state index is -0.217. The Bertz CT molecular complexity index is 733. The number of carbonyl (C=O) groups excluding carboxylic acids is 1. The van der Waals surface area contributed by atoms with E-state index in [4.69, 9.17) is 14.2 Å². The fourth-order valence-electron chi connectivity index (χ4n) is 2.22. The van der Waals surface area contributed by atoms with Gasteiger partial charge in [0.25, 0.3) is 5.91 Å². The Balaban J connectivity index is 1.58. The standard InChI is InChI=1S/C17H16BrNO4/c1-11-8-12(18)2-4-14(11)19-17(20)10-23-13-3-5-15-16(9-13)22-7-6-21-15/h2-5,8-9H,6-7,10H2,1H3,(H,19,20). The Hall–Kier alpha value is -2.21. The molecule has 1 aliphatic heterocycles. The van der Waals surface area contributed by atoms with Crippen LogP contribution in [0.5, 0.6) is 17.2 Å². The third-order valence-electron chi connectivity index (χ3n) is 3.35. The third kappa shape index (κ3) is 3.96. The minimum absolute atomic E-state index is 0.0743. The molecule has 1 aliphatic rings. The van der Waals surface area contributed by atoms with Gasteiger partial charge in [-0.05, 0) is 42.8 Å². The first kappa shape index (κ1) is 15.7. The lowest BCUT2D eigenvalue weighted by Gasteiger charge is -2.18. The van der Waals surface area contributed by atoms with Gasteiger partial charge in [-0.3, -0.25) is 4.79 Å². The Kier molecular flexibility index (Phi) is 4.71. The zero-order chi connectivity index (χ0) is 16.2. The summed E-state index contributed by atoms with van der Waals surface area (Å²) in [5.74, 6) is 1.68. The van der Waals surface area contributed by atoms with Crippen LogP contribution >= 0.6 is 15.9 Å². The number of hydrogen-bond acceptors (Lipinski definition) is 4. The SMILES string of the molecule is Cc1cc(Br)ccc1NC(=O)COc1ccc2c(c1)OCCO2. The average Bonchev–Trinajstić information content (AvgIpc) is 2.55. The monoisotopic (exact) mass is 377 g/mol. The average molecular weight is 378 g/mol. The van der Waals surface area contributed by atoms with Crippen LogP contribution in [0.3, 0.4) is 0 Å². The van der Waals surface area contributed by atoms with Gasteiger partial charge >= 0.3 is 0 Å².